The van der Waals surface area contributed by atoms with Crippen molar-refractivity contribution in [2.45, 2.75) is 51.9 Å². The summed E-state index contributed by atoms with van der Waals surface area (Å²) in [5.41, 5.74) is 1.93. The van der Waals surface area contributed by atoms with Crippen molar-refractivity contribution in [2.75, 3.05) is 20.3 Å². The van der Waals surface area contributed by atoms with E-state index in [9.17, 15) is 4.39 Å². The molecule has 1 aliphatic rings. The number of rotatable bonds is 9. The van der Waals surface area contributed by atoms with Gasteiger partial charge in [-0.25, -0.2) is 4.39 Å². The quantitative estimate of drug-likeness (QED) is 0.758. The summed E-state index contributed by atoms with van der Waals surface area (Å²) in [6, 6.07) is 6.42. The monoisotopic (exact) mass is 294 g/mol. The Bertz CT molecular complexity index is 448. The predicted molar refractivity (Wildman–Crippen MR) is 83.7 cm³/mol. The van der Waals surface area contributed by atoms with E-state index in [0.29, 0.717) is 19.2 Å². The van der Waals surface area contributed by atoms with Gasteiger partial charge in [0.05, 0.1) is 6.61 Å². The number of nitrogens with one attached hydrogen (secondary N) is 1. The fraction of sp³-hybridized carbons (Fsp3) is 0.647. The molecule has 1 unspecified atom stereocenters. The summed E-state index contributed by atoms with van der Waals surface area (Å²) in [7, 11) is 1.70. The van der Waals surface area contributed by atoms with Gasteiger partial charge in [-0.05, 0) is 37.9 Å². The van der Waals surface area contributed by atoms with Gasteiger partial charge < -0.3 is 10.1 Å². The zero-order valence-corrected chi connectivity index (χ0v) is 13.4. The Morgan fingerprint density at radius 3 is 2.81 bits per heavy atom. The molecule has 1 aliphatic carbocycles. The number of halogens is 1. The average molecular weight is 294 g/mol. The highest BCUT2D eigenvalue weighted by atomic mass is 19.1. The predicted octanol–water partition coefficient (Wildman–Crippen LogP) is 2.93. The lowest BCUT2D eigenvalue weighted by atomic mass is 10.1. The van der Waals surface area contributed by atoms with E-state index in [4.69, 9.17) is 4.74 Å². The summed E-state index contributed by atoms with van der Waals surface area (Å²) in [5.74, 6) is -0.117. The van der Waals surface area contributed by atoms with Crippen molar-refractivity contribution in [3.8, 4) is 0 Å². The molecule has 0 radical (unpaired) electrons. The van der Waals surface area contributed by atoms with E-state index in [1.807, 2.05) is 12.1 Å². The van der Waals surface area contributed by atoms with E-state index in [-0.39, 0.29) is 11.9 Å². The summed E-state index contributed by atoms with van der Waals surface area (Å²) < 4.78 is 19.3. The van der Waals surface area contributed by atoms with Gasteiger partial charge in [0.1, 0.15) is 5.82 Å². The van der Waals surface area contributed by atoms with Gasteiger partial charge in [-0.2, -0.15) is 0 Å². The number of methoxy groups -OCH3 is 1. The van der Waals surface area contributed by atoms with Gasteiger partial charge in [0.25, 0.3) is 0 Å². The molecule has 0 aromatic heterocycles. The van der Waals surface area contributed by atoms with Crippen molar-refractivity contribution in [2.24, 2.45) is 0 Å². The van der Waals surface area contributed by atoms with Gasteiger partial charge >= 0.3 is 0 Å². The van der Waals surface area contributed by atoms with Crippen LogP contribution in [-0.4, -0.2) is 37.2 Å². The van der Waals surface area contributed by atoms with Crippen molar-refractivity contribution < 1.29 is 9.13 Å². The van der Waals surface area contributed by atoms with Crippen LogP contribution in [0.25, 0.3) is 0 Å². The van der Waals surface area contributed by atoms with Crippen LogP contribution in [0.3, 0.4) is 0 Å². The van der Waals surface area contributed by atoms with Crippen LogP contribution in [0.15, 0.2) is 18.2 Å². The zero-order valence-electron chi connectivity index (χ0n) is 13.4. The highest BCUT2D eigenvalue weighted by molar-refractivity contribution is 5.25. The fourth-order valence-corrected chi connectivity index (χ4v) is 2.55. The zero-order chi connectivity index (χ0) is 15.2. The maximum absolute atomic E-state index is 14.0. The Balaban J connectivity index is 2.00. The molecule has 0 spiro atoms. The molecule has 2 rings (SSSR count). The van der Waals surface area contributed by atoms with E-state index < -0.39 is 0 Å². The van der Waals surface area contributed by atoms with Crippen molar-refractivity contribution in [3.63, 3.8) is 0 Å². The number of benzene rings is 1. The van der Waals surface area contributed by atoms with E-state index in [2.05, 4.69) is 24.1 Å². The van der Waals surface area contributed by atoms with Gasteiger partial charge in [0.15, 0.2) is 0 Å². The summed E-state index contributed by atoms with van der Waals surface area (Å²) in [5, 5.41) is 3.47. The first-order chi connectivity index (χ1) is 10.1. The van der Waals surface area contributed by atoms with Gasteiger partial charge in [-0.1, -0.05) is 19.1 Å². The van der Waals surface area contributed by atoms with Crippen LogP contribution in [0.5, 0.6) is 0 Å². The lowest BCUT2D eigenvalue weighted by Gasteiger charge is -2.27. The molecule has 0 saturated heterocycles. The smallest absolute Gasteiger partial charge is 0.127 e. The lowest BCUT2D eigenvalue weighted by Crippen LogP contribution is -2.35. The van der Waals surface area contributed by atoms with E-state index in [1.54, 1.807) is 13.2 Å². The third-order valence-corrected chi connectivity index (χ3v) is 4.09. The largest absolute Gasteiger partial charge is 0.383 e. The summed E-state index contributed by atoms with van der Waals surface area (Å²) in [4.78, 5) is 2.24. The topological polar surface area (TPSA) is 24.5 Å². The fourth-order valence-electron chi connectivity index (χ4n) is 2.55. The molecule has 1 aromatic rings. The van der Waals surface area contributed by atoms with Crippen LogP contribution in [-0.2, 0) is 17.8 Å². The Labute approximate surface area is 127 Å². The molecule has 4 heteroatoms. The van der Waals surface area contributed by atoms with Crippen molar-refractivity contribution in [3.05, 3.63) is 35.1 Å². The number of likely N-dealkylation sites (N-methyl/N-ethyl adjacent to an activating group) is 1. The first-order valence-electron chi connectivity index (χ1n) is 7.87. The van der Waals surface area contributed by atoms with Gasteiger partial charge in [-0.15, -0.1) is 0 Å². The highest BCUT2D eigenvalue weighted by Gasteiger charge is 2.20. The highest BCUT2D eigenvalue weighted by Crippen LogP contribution is 2.20. The molecule has 1 fully saturated rings. The van der Waals surface area contributed by atoms with Crippen LogP contribution in [0.1, 0.15) is 37.8 Å². The van der Waals surface area contributed by atoms with Gasteiger partial charge in [0, 0.05) is 37.8 Å². The first-order valence-corrected chi connectivity index (χ1v) is 7.87. The van der Waals surface area contributed by atoms with Gasteiger partial charge in [-0.3, -0.25) is 4.90 Å². The second-order valence-electron chi connectivity index (χ2n) is 5.95. The average Bonchev–Trinajstić information content (AvgIpc) is 3.29. The maximum Gasteiger partial charge on any atom is 0.127 e. The molecule has 118 valence electrons. The third-order valence-electron chi connectivity index (χ3n) is 4.09. The minimum Gasteiger partial charge on any atom is -0.383 e. The Kier molecular flexibility index (Phi) is 6.15. The summed E-state index contributed by atoms with van der Waals surface area (Å²) in [6.45, 7) is 7.22. The number of nitrogens with zero attached hydrogens (tertiary/aromatic N) is 1. The van der Waals surface area contributed by atoms with E-state index in [1.165, 1.54) is 12.8 Å². The SMILES string of the molecule is CCN(Cc1cc(CNC2CC2)ccc1F)C(C)COC. The molecular weight excluding hydrogens is 267 g/mol. The molecule has 0 heterocycles. The lowest BCUT2D eigenvalue weighted by molar-refractivity contribution is 0.0974. The molecular formula is C17H27FN2O. The summed E-state index contributed by atoms with van der Waals surface area (Å²) >= 11 is 0. The molecule has 3 nitrogen and oxygen atoms in total. The first kappa shape index (κ1) is 16.4. The van der Waals surface area contributed by atoms with Crippen LogP contribution >= 0.6 is 0 Å². The summed E-state index contributed by atoms with van der Waals surface area (Å²) in [6.07, 6.45) is 2.54. The Morgan fingerprint density at radius 2 is 2.19 bits per heavy atom. The molecule has 0 bridgehead atoms. The van der Waals surface area contributed by atoms with Crippen molar-refractivity contribution in [1.29, 1.82) is 0 Å². The van der Waals surface area contributed by atoms with Crippen LogP contribution < -0.4 is 5.32 Å². The molecule has 1 saturated carbocycles. The molecule has 1 atom stereocenters. The number of hydrogen-bond donors (Lipinski definition) is 1. The third kappa shape index (κ3) is 5.06. The molecule has 21 heavy (non-hydrogen) atoms. The van der Waals surface area contributed by atoms with E-state index in [0.717, 1.165) is 24.2 Å². The number of ether oxygens (including phenoxy) is 1. The minimum absolute atomic E-state index is 0.117. The molecule has 0 amide bonds. The van der Waals surface area contributed by atoms with Crippen LogP contribution in [0.2, 0.25) is 0 Å². The maximum atomic E-state index is 14.0. The normalized spacial score (nSPS) is 16.4. The van der Waals surface area contributed by atoms with Crippen LogP contribution in [0, 0.1) is 5.82 Å². The Hall–Kier alpha value is -0.970. The molecule has 1 aromatic carbocycles. The molecule has 1 N–H and O–H groups in total. The van der Waals surface area contributed by atoms with Crippen molar-refractivity contribution >= 4 is 0 Å². The standard InChI is InChI=1S/C17H27FN2O/c1-4-20(13(2)12-21-3)11-15-9-14(5-8-17(15)18)10-19-16-6-7-16/h5,8-9,13,16,19H,4,6-7,10-12H2,1-3H3. The minimum atomic E-state index is -0.117. The molecule has 0 aliphatic heterocycles. The van der Waals surface area contributed by atoms with Crippen LogP contribution in [0.4, 0.5) is 4.39 Å². The second kappa shape index (κ2) is 7.87. The van der Waals surface area contributed by atoms with Gasteiger partial charge in [0.2, 0.25) is 0 Å². The van der Waals surface area contributed by atoms with E-state index >= 15 is 0 Å². The second-order valence-corrected chi connectivity index (χ2v) is 5.95. The van der Waals surface area contributed by atoms with Crippen molar-refractivity contribution in [1.82, 2.24) is 10.2 Å². The number of hydrogen-bond acceptors (Lipinski definition) is 3. The Morgan fingerprint density at radius 1 is 1.43 bits per heavy atom.